The summed E-state index contributed by atoms with van der Waals surface area (Å²) in [5.74, 6) is 0.273. The minimum Gasteiger partial charge on any atom is -0.364 e. The first-order valence-electron chi connectivity index (χ1n) is 7.31. The number of hydroxylamine groups is 2. The third-order valence-electron chi connectivity index (χ3n) is 4.21. The van der Waals surface area contributed by atoms with E-state index in [9.17, 15) is 13.2 Å². The van der Waals surface area contributed by atoms with Crippen molar-refractivity contribution in [1.82, 2.24) is 5.06 Å². The van der Waals surface area contributed by atoms with Gasteiger partial charge in [-0.15, -0.1) is 5.06 Å². The summed E-state index contributed by atoms with van der Waals surface area (Å²) in [6.45, 7) is 1.26. The molecule has 1 unspecified atom stereocenters. The second-order valence-electron chi connectivity index (χ2n) is 6.01. The zero-order valence-corrected chi connectivity index (χ0v) is 13.2. The van der Waals surface area contributed by atoms with Gasteiger partial charge in [-0.1, -0.05) is 18.2 Å². The molecule has 2 aliphatic rings. The van der Waals surface area contributed by atoms with Crippen LogP contribution in [0, 0.1) is 11.8 Å². The highest BCUT2D eigenvalue weighted by Crippen LogP contribution is 2.40. The second kappa shape index (κ2) is 5.98. The van der Waals surface area contributed by atoms with Gasteiger partial charge in [0.25, 0.3) is 10.1 Å². The lowest BCUT2D eigenvalue weighted by molar-refractivity contribution is -0.0990. The highest BCUT2D eigenvalue weighted by atomic mass is 32.2. The van der Waals surface area contributed by atoms with Crippen molar-refractivity contribution in [3.63, 3.8) is 0 Å². The van der Waals surface area contributed by atoms with Crippen molar-refractivity contribution in [2.24, 2.45) is 11.8 Å². The summed E-state index contributed by atoms with van der Waals surface area (Å²) in [6, 6.07) is 8.87. The van der Waals surface area contributed by atoms with Gasteiger partial charge < -0.3 is 4.84 Å². The van der Waals surface area contributed by atoms with Crippen molar-refractivity contribution < 1.29 is 22.2 Å². The summed E-state index contributed by atoms with van der Waals surface area (Å²) in [6.07, 6.45) is 2.22. The Morgan fingerprint density at radius 2 is 1.73 bits per heavy atom. The molecule has 1 aliphatic carbocycles. The van der Waals surface area contributed by atoms with Gasteiger partial charge in [-0.3, -0.25) is 4.18 Å². The lowest BCUT2D eigenvalue weighted by atomic mass is 10.0. The first kappa shape index (κ1) is 15.5. The van der Waals surface area contributed by atoms with E-state index in [-0.39, 0.29) is 12.1 Å². The van der Waals surface area contributed by atoms with Crippen molar-refractivity contribution in [1.29, 1.82) is 0 Å². The van der Waals surface area contributed by atoms with E-state index in [1.54, 1.807) is 29.3 Å². The number of hydrogen-bond acceptors (Lipinski definition) is 6. The number of fused-ring (bicyclic) bond motifs is 1. The van der Waals surface area contributed by atoms with Crippen LogP contribution in [0.5, 0.6) is 0 Å². The van der Waals surface area contributed by atoms with Crippen molar-refractivity contribution in [3.8, 4) is 0 Å². The zero-order chi connectivity index (χ0) is 15.7. The van der Waals surface area contributed by atoms with Crippen LogP contribution in [0.2, 0.25) is 0 Å². The van der Waals surface area contributed by atoms with Crippen LogP contribution in [0.3, 0.4) is 0 Å². The summed E-state index contributed by atoms with van der Waals surface area (Å²) in [5, 5.41) is 1.68. The van der Waals surface area contributed by atoms with Crippen LogP contribution in [0.15, 0.2) is 30.3 Å². The monoisotopic (exact) mass is 325 g/mol. The third kappa shape index (κ3) is 3.66. The predicted octanol–water partition coefficient (Wildman–Crippen LogP) is 1.44. The van der Waals surface area contributed by atoms with E-state index in [2.05, 4.69) is 0 Å². The standard InChI is InChI=1S/C15H19NO5S/c1-22(18,19)21-14-7-12-9-16(10-13(12)8-14)20-15(17)11-5-3-2-4-6-11/h2-6,12-14H,7-10H2,1H3/t12-,13?,14-/m0/s1. The van der Waals surface area contributed by atoms with Crippen molar-refractivity contribution in [3.05, 3.63) is 35.9 Å². The molecule has 1 aromatic rings. The minimum atomic E-state index is -3.41. The molecule has 1 heterocycles. The number of carbonyl (C=O) groups is 1. The summed E-state index contributed by atoms with van der Waals surface area (Å²) in [4.78, 5) is 17.4. The number of carbonyl (C=O) groups excluding carboxylic acids is 1. The Kier molecular flexibility index (Phi) is 4.20. The molecule has 1 aromatic carbocycles. The van der Waals surface area contributed by atoms with Gasteiger partial charge in [0.15, 0.2) is 0 Å². The summed E-state index contributed by atoms with van der Waals surface area (Å²) < 4.78 is 27.4. The largest absolute Gasteiger partial charge is 0.364 e. The van der Waals surface area contributed by atoms with Crippen LogP contribution < -0.4 is 0 Å². The van der Waals surface area contributed by atoms with Gasteiger partial charge in [0.05, 0.1) is 17.9 Å². The maximum Gasteiger partial charge on any atom is 0.357 e. The van der Waals surface area contributed by atoms with Crippen LogP contribution in [-0.2, 0) is 19.1 Å². The highest BCUT2D eigenvalue weighted by Gasteiger charge is 2.43. The first-order valence-corrected chi connectivity index (χ1v) is 9.13. The molecule has 0 N–H and O–H groups in total. The van der Waals surface area contributed by atoms with E-state index in [0.29, 0.717) is 43.3 Å². The Hall–Kier alpha value is -1.44. The quantitative estimate of drug-likeness (QED) is 0.780. The molecule has 120 valence electrons. The van der Waals surface area contributed by atoms with Crippen LogP contribution in [0.1, 0.15) is 23.2 Å². The third-order valence-corrected chi connectivity index (χ3v) is 4.83. The summed E-state index contributed by atoms with van der Waals surface area (Å²) in [5.41, 5.74) is 0.526. The van der Waals surface area contributed by atoms with Gasteiger partial charge in [0.2, 0.25) is 0 Å². The summed E-state index contributed by atoms with van der Waals surface area (Å²) in [7, 11) is -3.41. The van der Waals surface area contributed by atoms with Crippen molar-refractivity contribution in [2.75, 3.05) is 19.3 Å². The average Bonchev–Trinajstić information content (AvgIpc) is 2.95. The Morgan fingerprint density at radius 1 is 1.14 bits per heavy atom. The molecule has 1 saturated carbocycles. The number of benzene rings is 1. The fraction of sp³-hybridized carbons (Fsp3) is 0.533. The maximum absolute atomic E-state index is 12.0. The Bertz CT molecular complexity index is 631. The molecule has 3 atom stereocenters. The van der Waals surface area contributed by atoms with Crippen LogP contribution in [0.4, 0.5) is 0 Å². The maximum atomic E-state index is 12.0. The van der Waals surface area contributed by atoms with Gasteiger partial charge >= 0.3 is 5.97 Å². The normalized spacial score (nSPS) is 28.5. The van der Waals surface area contributed by atoms with E-state index in [1.165, 1.54) is 0 Å². The molecule has 2 fully saturated rings. The van der Waals surface area contributed by atoms with Crippen molar-refractivity contribution in [2.45, 2.75) is 18.9 Å². The van der Waals surface area contributed by atoms with Gasteiger partial charge in [-0.25, -0.2) is 4.79 Å². The lowest BCUT2D eigenvalue weighted by Crippen LogP contribution is -2.27. The van der Waals surface area contributed by atoms with Gasteiger partial charge in [0, 0.05) is 13.1 Å². The molecule has 0 spiro atoms. The molecular formula is C15H19NO5S. The minimum absolute atomic E-state index is 0.239. The molecule has 1 saturated heterocycles. The highest BCUT2D eigenvalue weighted by molar-refractivity contribution is 7.86. The number of nitrogens with zero attached hydrogens (tertiary/aromatic N) is 1. The van der Waals surface area contributed by atoms with Crippen LogP contribution >= 0.6 is 0 Å². The Labute approximate surface area is 130 Å². The molecule has 1 aliphatic heterocycles. The smallest absolute Gasteiger partial charge is 0.357 e. The van der Waals surface area contributed by atoms with E-state index >= 15 is 0 Å². The lowest BCUT2D eigenvalue weighted by Gasteiger charge is -2.18. The first-order chi connectivity index (χ1) is 10.4. The van der Waals surface area contributed by atoms with E-state index in [1.807, 2.05) is 6.07 Å². The zero-order valence-electron chi connectivity index (χ0n) is 12.3. The van der Waals surface area contributed by atoms with E-state index in [4.69, 9.17) is 9.02 Å². The Balaban J connectivity index is 1.52. The fourth-order valence-electron chi connectivity index (χ4n) is 3.35. The summed E-state index contributed by atoms with van der Waals surface area (Å²) >= 11 is 0. The fourth-order valence-corrected chi connectivity index (χ4v) is 4.00. The van der Waals surface area contributed by atoms with Crippen LogP contribution in [0.25, 0.3) is 0 Å². The van der Waals surface area contributed by atoms with Gasteiger partial charge in [0.1, 0.15) is 0 Å². The van der Waals surface area contributed by atoms with Crippen LogP contribution in [-0.4, -0.2) is 44.9 Å². The predicted molar refractivity (Wildman–Crippen MR) is 79.4 cm³/mol. The molecule has 0 amide bonds. The van der Waals surface area contributed by atoms with E-state index in [0.717, 1.165) is 6.26 Å². The van der Waals surface area contributed by atoms with Gasteiger partial charge in [-0.05, 0) is 36.8 Å². The number of hydrogen-bond donors (Lipinski definition) is 0. The molecule has 22 heavy (non-hydrogen) atoms. The topological polar surface area (TPSA) is 72.9 Å². The van der Waals surface area contributed by atoms with Gasteiger partial charge in [-0.2, -0.15) is 8.42 Å². The average molecular weight is 325 g/mol. The molecule has 0 radical (unpaired) electrons. The second-order valence-corrected chi connectivity index (χ2v) is 7.61. The van der Waals surface area contributed by atoms with Crippen molar-refractivity contribution >= 4 is 16.1 Å². The molecule has 6 nitrogen and oxygen atoms in total. The SMILES string of the molecule is CS(=O)(=O)O[C@@H]1CC2CN(OC(=O)c3ccccc3)C[C@@H]2C1. The van der Waals surface area contributed by atoms with E-state index < -0.39 is 10.1 Å². The molecule has 0 bridgehead atoms. The molecular weight excluding hydrogens is 306 g/mol. The Morgan fingerprint density at radius 3 is 2.27 bits per heavy atom. The molecule has 0 aromatic heterocycles. The number of rotatable bonds is 4. The molecule has 7 heteroatoms. The molecule has 3 rings (SSSR count).